The van der Waals surface area contributed by atoms with Crippen molar-refractivity contribution in [1.82, 2.24) is 24.8 Å². The smallest absolute Gasteiger partial charge is 0.236 e. The predicted molar refractivity (Wildman–Crippen MR) is 101 cm³/mol. The average Bonchev–Trinajstić information content (AvgIpc) is 2.70. The fraction of sp³-hybridized carbons (Fsp3) is 0.474. The molecule has 3 heterocycles. The third-order valence-corrected chi connectivity index (χ3v) is 4.69. The Hall–Kier alpha value is -2.54. The predicted octanol–water partition coefficient (Wildman–Crippen LogP) is 1.21. The summed E-state index contributed by atoms with van der Waals surface area (Å²) >= 11 is 0. The van der Waals surface area contributed by atoms with Crippen molar-refractivity contribution in [2.45, 2.75) is 19.9 Å². The molecule has 2 aromatic rings. The summed E-state index contributed by atoms with van der Waals surface area (Å²) < 4.78 is 0. The normalized spacial score (nSPS) is 15.1. The third-order valence-electron chi connectivity index (χ3n) is 4.69. The van der Waals surface area contributed by atoms with Crippen LogP contribution in [0.25, 0.3) is 0 Å². The van der Waals surface area contributed by atoms with Crippen LogP contribution in [-0.4, -0.2) is 70.4 Å². The zero-order chi connectivity index (χ0) is 18.4. The summed E-state index contributed by atoms with van der Waals surface area (Å²) in [4.78, 5) is 31.6. The van der Waals surface area contributed by atoms with E-state index in [1.54, 1.807) is 17.3 Å². The number of amides is 1. The molecule has 0 N–H and O–H groups in total. The molecule has 0 saturated carbocycles. The molecule has 0 spiro atoms. The van der Waals surface area contributed by atoms with Crippen molar-refractivity contribution >= 4 is 11.9 Å². The maximum Gasteiger partial charge on any atom is 0.236 e. The quantitative estimate of drug-likeness (QED) is 0.777. The number of rotatable bonds is 6. The van der Waals surface area contributed by atoms with E-state index < -0.39 is 0 Å². The van der Waals surface area contributed by atoms with E-state index in [1.807, 2.05) is 25.4 Å². The topological polar surface area (TPSA) is 65.5 Å². The molecule has 1 amide bonds. The Balaban J connectivity index is 1.46. The van der Waals surface area contributed by atoms with Crippen LogP contribution in [0.15, 0.2) is 36.8 Å². The van der Waals surface area contributed by atoms with Gasteiger partial charge in [0.15, 0.2) is 0 Å². The number of anilines is 1. The Morgan fingerprint density at radius 1 is 1.12 bits per heavy atom. The van der Waals surface area contributed by atoms with Gasteiger partial charge in [0.05, 0.1) is 18.8 Å². The van der Waals surface area contributed by atoms with E-state index in [1.165, 1.54) is 5.56 Å². The standard InChI is InChI=1S/C19H26N6O/c1-3-16-5-6-17(22-13-16)14-23(2)18(26)15-24-9-11-25(12-10-24)19-20-7-4-8-21-19/h4-8,13H,3,9-12,14-15H2,1-2H3. The van der Waals surface area contributed by atoms with Crippen molar-refractivity contribution in [2.24, 2.45) is 0 Å². The van der Waals surface area contributed by atoms with Crippen molar-refractivity contribution in [2.75, 3.05) is 44.7 Å². The van der Waals surface area contributed by atoms with Gasteiger partial charge in [0, 0.05) is 51.8 Å². The summed E-state index contributed by atoms with van der Waals surface area (Å²) in [5.41, 5.74) is 2.13. The van der Waals surface area contributed by atoms with E-state index in [2.05, 4.69) is 37.7 Å². The highest BCUT2D eigenvalue weighted by Gasteiger charge is 2.21. The molecule has 1 aliphatic rings. The summed E-state index contributed by atoms with van der Waals surface area (Å²) in [5.74, 6) is 0.882. The number of likely N-dealkylation sites (N-methyl/N-ethyl adjacent to an activating group) is 1. The fourth-order valence-corrected chi connectivity index (χ4v) is 2.96. The molecule has 0 aromatic carbocycles. The Morgan fingerprint density at radius 3 is 2.46 bits per heavy atom. The Bertz CT molecular complexity index is 698. The summed E-state index contributed by atoms with van der Waals surface area (Å²) in [7, 11) is 1.84. The molecule has 0 atom stereocenters. The largest absolute Gasteiger partial charge is 0.339 e. The van der Waals surface area contributed by atoms with Gasteiger partial charge >= 0.3 is 0 Å². The van der Waals surface area contributed by atoms with Gasteiger partial charge in [-0.05, 0) is 24.1 Å². The number of aryl methyl sites for hydroxylation is 1. The second kappa shape index (κ2) is 8.71. The van der Waals surface area contributed by atoms with E-state index >= 15 is 0 Å². The first-order valence-electron chi connectivity index (χ1n) is 9.08. The Morgan fingerprint density at radius 2 is 1.85 bits per heavy atom. The van der Waals surface area contributed by atoms with Crippen LogP contribution in [0.4, 0.5) is 5.95 Å². The molecule has 1 aliphatic heterocycles. The van der Waals surface area contributed by atoms with Crippen LogP contribution in [0, 0.1) is 0 Å². The SMILES string of the molecule is CCc1ccc(CN(C)C(=O)CN2CCN(c3ncccn3)CC2)nc1. The highest BCUT2D eigenvalue weighted by Crippen LogP contribution is 2.10. The molecule has 7 heteroatoms. The molecule has 7 nitrogen and oxygen atoms in total. The van der Waals surface area contributed by atoms with Crippen molar-refractivity contribution in [3.63, 3.8) is 0 Å². The van der Waals surface area contributed by atoms with Crippen LogP contribution in [0.2, 0.25) is 0 Å². The number of aromatic nitrogens is 3. The first kappa shape index (κ1) is 18.3. The first-order chi connectivity index (χ1) is 12.7. The van der Waals surface area contributed by atoms with E-state index in [0.717, 1.165) is 44.2 Å². The molecule has 0 unspecified atom stereocenters. The van der Waals surface area contributed by atoms with Crippen LogP contribution < -0.4 is 4.90 Å². The summed E-state index contributed by atoms with van der Waals surface area (Å²) in [6.45, 7) is 6.42. The summed E-state index contributed by atoms with van der Waals surface area (Å²) in [6.07, 6.45) is 6.38. The number of pyridine rings is 1. The maximum atomic E-state index is 12.5. The van der Waals surface area contributed by atoms with Crippen LogP contribution in [-0.2, 0) is 17.8 Å². The zero-order valence-electron chi connectivity index (χ0n) is 15.5. The van der Waals surface area contributed by atoms with Gasteiger partial charge in [-0.15, -0.1) is 0 Å². The highest BCUT2D eigenvalue weighted by atomic mass is 16.2. The van der Waals surface area contributed by atoms with Gasteiger partial charge in [0.2, 0.25) is 11.9 Å². The van der Waals surface area contributed by atoms with Gasteiger partial charge in [-0.2, -0.15) is 0 Å². The molecule has 3 rings (SSSR count). The van der Waals surface area contributed by atoms with Crippen molar-refractivity contribution in [3.05, 3.63) is 48.0 Å². The molecule has 0 aliphatic carbocycles. The summed E-state index contributed by atoms with van der Waals surface area (Å²) in [6, 6.07) is 5.89. The number of carbonyl (C=O) groups excluding carboxylic acids is 1. The zero-order valence-corrected chi connectivity index (χ0v) is 15.5. The van der Waals surface area contributed by atoms with E-state index in [-0.39, 0.29) is 5.91 Å². The maximum absolute atomic E-state index is 12.5. The van der Waals surface area contributed by atoms with Crippen LogP contribution in [0.5, 0.6) is 0 Å². The van der Waals surface area contributed by atoms with E-state index in [4.69, 9.17) is 0 Å². The molecule has 26 heavy (non-hydrogen) atoms. The van der Waals surface area contributed by atoms with Crippen LogP contribution >= 0.6 is 0 Å². The first-order valence-corrected chi connectivity index (χ1v) is 9.08. The van der Waals surface area contributed by atoms with Crippen molar-refractivity contribution in [1.29, 1.82) is 0 Å². The molecule has 0 bridgehead atoms. The van der Waals surface area contributed by atoms with Crippen LogP contribution in [0.3, 0.4) is 0 Å². The van der Waals surface area contributed by atoms with Gasteiger partial charge in [-0.3, -0.25) is 14.7 Å². The lowest BCUT2D eigenvalue weighted by molar-refractivity contribution is -0.131. The second-order valence-electron chi connectivity index (χ2n) is 6.57. The van der Waals surface area contributed by atoms with E-state index in [0.29, 0.717) is 13.1 Å². The fourth-order valence-electron chi connectivity index (χ4n) is 2.96. The number of piperazine rings is 1. The Kier molecular flexibility index (Phi) is 6.12. The molecule has 138 valence electrons. The minimum absolute atomic E-state index is 0.121. The molecule has 2 aromatic heterocycles. The molecular weight excluding hydrogens is 328 g/mol. The third kappa shape index (κ3) is 4.76. The Labute approximate surface area is 154 Å². The van der Waals surface area contributed by atoms with Gasteiger partial charge in [0.1, 0.15) is 0 Å². The van der Waals surface area contributed by atoms with Gasteiger partial charge in [-0.25, -0.2) is 9.97 Å². The minimum Gasteiger partial charge on any atom is -0.339 e. The van der Waals surface area contributed by atoms with E-state index in [9.17, 15) is 4.79 Å². The molecule has 1 fully saturated rings. The number of carbonyl (C=O) groups is 1. The number of hydrogen-bond donors (Lipinski definition) is 0. The average molecular weight is 354 g/mol. The van der Waals surface area contributed by atoms with Gasteiger partial charge < -0.3 is 9.80 Å². The lowest BCUT2D eigenvalue weighted by Crippen LogP contribution is -2.50. The monoisotopic (exact) mass is 354 g/mol. The molecule has 1 saturated heterocycles. The minimum atomic E-state index is 0.121. The summed E-state index contributed by atoms with van der Waals surface area (Å²) in [5, 5.41) is 0. The number of hydrogen-bond acceptors (Lipinski definition) is 6. The molecular formula is C19H26N6O. The van der Waals surface area contributed by atoms with Gasteiger partial charge in [-0.1, -0.05) is 13.0 Å². The van der Waals surface area contributed by atoms with Crippen molar-refractivity contribution in [3.8, 4) is 0 Å². The lowest BCUT2D eigenvalue weighted by Gasteiger charge is -2.34. The van der Waals surface area contributed by atoms with Crippen LogP contribution in [0.1, 0.15) is 18.2 Å². The van der Waals surface area contributed by atoms with Crippen molar-refractivity contribution < 1.29 is 4.79 Å². The second-order valence-corrected chi connectivity index (χ2v) is 6.57. The van der Waals surface area contributed by atoms with Gasteiger partial charge in [0.25, 0.3) is 0 Å². The number of nitrogens with zero attached hydrogens (tertiary/aromatic N) is 6. The molecule has 0 radical (unpaired) electrons. The lowest BCUT2D eigenvalue weighted by atomic mass is 10.2. The highest BCUT2D eigenvalue weighted by molar-refractivity contribution is 5.78.